The molecule has 0 N–H and O–H groups in total. The summed E-state index contributed by atoms with van der Waals surface area (Å²) in [6, 6.07) is 0. The average Bonchev–Trinajstić information content (AvgIpc) is 2.51. The Labute approximate surface area is 152 Å². The second-order valence-electron chi connectivity index (χ2n) is 9.24. The van der Waals surface area contributed by atoms with E-state index >= 15 is 0 Å². The molecule has 3 heteroatoms. The van der Waals surface area contributed by atoms with Crippen LogP contribution in [0.5, 0.6) is 0 Å². The van der Waals surface area contributed by atoms with Crippen LogP contribution in [0.25, 0.3) is 0 Å². The minimum atomic E-state index is -0.358. The molecule has 0 bridgehead atoms. The van der Waals surface area contributed by atoms with Crippen molar-refractivity contribution >= 4 is 17.7 Å². The lowest BCUT2D eigenvalue weighted by molar-refractivity contribution is -0.151. The van der Waals surface area contributed by atoms with E-state index in [0.717, 1.165) is 35.3 Å². The molecule has 3 rings (SSSR count). The zero-order valence-corrected chi connectivity index (χ0v) is 16.4. The standard InChI is InChI=1S/C21H34O2S/c1-21(2,3)23-20(22)14-24-13-15-8-9-18-11-16-6-4-5-7-17(16)12-19(18)10-15/h4-5,15-19H,6-14H2,1-3H3. The van der Waals surface area contributed by atoms with Gasteiger partial charge in [0.25, 0.3) is 0 Å². The van der Waals surface area contributed by atoms with Gasteiger partial charge < -0.3 is 4.74 Å². The number of hydrogen-bond donors (Lipinski definition) is 0. The first-order chi connectivity index (χ1) is 11.4. The first kappa shape index (κ1) is 18.4. The normalized spacial score (nSPS) is 35.9. The molecule has 0 radical (unpaired) electrons. The topological polar surface area (TPSA) is 26.3 Å². The predicted octanol–water partition coefficient (Wildman–Crippen LogP) is 5.47. The van der Waals surface area contributed by atoms with E-state index in [0.29, 0.717) is 5.75 Å². The Bertz CT molecular complexity index is 465. The summed E-state index contributed by atoms with van der Waals surface area (Å²) in [6.07, 6.45) is 14.6. The van der Waals surface area contributed by atoms with E-state index in [2.05, 4.69) is 12.2 Å². The molecule has 136 valence electrons. The molecule has 0 heterocycles. The van der Waals surface area contributed by atoms with E-state index < -0.39 is 0 Å². The van der Waals surface area contributed by atoms with Crippen LogP contribution in [0.4, 0.5) is 0 Å². The van der Waals surface area contributed by atoms with Crippen LogP contribution in [0.3, 0.4) is 0 Å². The summed E-state index contributed by atoms with van der Waals surface area (Å²) in [5.41, 5.74) is -0.358. The summed E-state index contributed by atoms with van der Waals surface area (Å²) < 4.78 is 5.41. The van der Waals surface area contributed by atoms with Crippen molar-refractivity contribution in [1.29, 1.82) is 0 Å². The molecule has 5 atom stereocenters. The highest BCUT2D eigenvalue weighted by atomic mass is 32.2. The van der Waals surface area contributed by atoms with Crippen LogP contribution in [0.1, 0.15) is 65.7 Å². The largest absolute Gasteiger partial charge is 0.459 e. The highest BCUT2D eigenvalue weighted by molar-refractivity contribution is 7.99. The number of rotatable bonds is 4. The second-order valence-corrected chi connectivity index (χ2v) is 10.3. The monoisotopic (exact) mass is 350 g/mol. The van der Waals surface area contributed by atoms with Crippen LogP contribution >= 0.6 is 11.8 Å². The number of ether oxygens (including phenoxy) is 1. The van der Waals surface area contributed by atoms with Crippen LogP contribution in [0, 0.1) is 29.6 Å². The smallest absolute Gasteiger partial charge is 0.316 e. The Kier molecular flexibility index (Phi) is 6.00. The number of fused-ring (bicyclic) bond motifs is 2. The molecule has 0 amide bonds. The van der Waals surface area contributed by atoms with E-state index in [1.54, 1.807) is 11.8 Å². The molecule has 24 heavy (non-hydrogen) atoms. The maximum Gasteiger partial charge on any atom is 0.316 e. The van der Waals surface area contributed by atoms with Crippen molar-refractivity contribution in [2.75, 3.05) is 11.5 Å². The third kappa shape index (κ3) is 5.03. The summed E-state index contributed by atoms with van der Waals surface area (Å²) in [5.74, 6) is 6.29. The van der Waals surface area contributed by atoms with E-state index in [1.807, 2.05) is 20.8 Å². The number of hydrogen-bond acceptors (Lipinski definition) is 3. The third-order valence-electron chi connectivity index (χ3n) is 6.16. The molecule has 3 aliphatic rings. The highest BCUT2D eigenvalue weighted by Crippen LogP contribution is 2.50. The zero-order chi connectivity index (χ0) is 17.2. The number of esters is 1. The second kappa shape index (κ2) is 7.85. The molecule has 0 aliphatic heterocycles. The van der Waals surface area contributed by atoms with Crippen molar-refractivity contribution in [2.24, 2.45) is 29.6 Å². The van der Waals surface area contributed by atoms with Crippen LogP contribution in [-0.2, 0) is 9.53 Å². The fourth-order valence-corrected chi connectivity index (χ4v) is 6.12. The third-order valence-corrected chi connectivity index (χ3v) is 7.31. The number of carbonyl (C=O) groups excluding carboxylic acids is 1. The van der Waals surface area contributed by atoms with Crippen molar-refractivity contribution in [3.8, 4) is 0 Å². The molecule has 0 aromatic heterocycles. The van der Waals surface area contributed by atoms with Gasteiger partial charge in [-0.1, -0.05) is 12.2 Å². The van der Waals surface area contributed by atoms with Gasteiger partial charge in [-0.05, 0) is 101 Å². The minimum Gasteiger partial charge on any atom is -0.459 e. The van der Waals surface area contributed by atoms with E-state index in [1.165, 1.54) is 44.9 Å². The fourth-order valence-electron chi connectivity index (χ4n) is 5.14. The van der Waals surface area contributed by atoms with Crippen molar-refractivity contribution in [3.63, 3.8) is 0 Å². The van der Waals surface area contributed by atoms with E-state index in [-0.39, 0.29) is 11.6 Å². The lowest BCUT2D eigenvalue weighted by atomic mass is 9.59. The van der Waals surface area contributed by atoms with Gasteiger partial charge in [0.2, 0.25) is 0 Å². The molecule has 0 saturated heterocycles. The average molecular weight is 351 g/mol. The summed E-state index contributed by atoms with van der Waals surface area (Å²) in [7, 11) is 0. The number of thioether (sulfide) groups is 1. The van der Waals surface area contributed by atoms with Gasteiger partial charge >= 0.3 is 5.97 Å². The summed E-state index contributed by atoms with van der Waals surface area (Å²) in [6.45, 7) is 5.81. The van der Waals surface area contributed by atoms with Gasteiger partial charge in [-0.25, -0.2) is 0 Å². The van der Waals surface area contributed by atoms with Gasteiger partial charge in [0, 0.05) is 0 Å². The van der Waals surface area contributed by atoms with Crippen molar-refractivity contribution < 1.29 is 9.53 Å². The molecule has 0 spiro atoms. The van der Waals surface area contributed by atoms with Crippen LogP contribution in [0.15, 0.2) is 12.2 Å². The Morgan fingerprint density at radius 2 is 1.67 bits per heavy atom. The van der Waals surface area contributed by atoms with Crippen molar-refractivity contribution in [2.45, 2.75) is 71.3 Å². The SMILES string of the molecule is CC(C)(C)OC(=O)CSCC1CCC2CC3CC=CCC3CC2C1. The molecule has 0 aromatic rings. The summed E-state index contributed by atoms with van der Waals surface area (Å²) in [4.78, 5) is 11.8. The maximum absolute atomic E-state index is 11.8. The zero-order valence-electron chi connectivity index (χ0n) is 15.6. The molecular formula is C21H34O2S. The Balaban J connectivity index is 1.40. The quantitative estimate of drug-likeness (QED) is 0.497. The molecule has 3 aliphatic carbocycles. The maximum atomic E-state index is 11.8. The first-order valence-electron chi connectivity index (χ1n) is 9.85. The number of carbonyl (C=O) groups is 1. The Hall–Kier alpha value is -0.440. The molecule has 2 fully saturated rings. The molecular weight excluding hydrogens is 316 g/mol. The lowest BCUT2D eigenvalue weighted by Crippen LogP contribution is -2.37. The Morgan fingerprint density at radius 3 is 2.33 bits per heavy atom. The Morgan fingerprint density at radius 1 is 1.00 bits per heavy atom. The van der Waals surface area contributed by atoms with Gasteiger partial charge in [0.15, 0.2) is 0 Å². The van der Waals surface area contributed by atoms with E-state index in [9.17, 15) is 4.79 Å². The number of allylic oxidation sites excluding steroid dienone is 2. The van der Waals surface area contributed by atoms with Gasteiger partial charge in [-0.15, -0.1) is 11.8 Å². The van der Waals surface area contributed by atoms with Gasteiger partial charge in [-0.2, -0.15) is 0 Å². The summed E-state index contributed by atoms with van der Waals surface area (Å²) in [5, 5.41) is 0. The molecule has 2 saturated carbocycles. The van der Waals surface area contributed by atoms with Crippen molar-refractivity contribution in [1.82, 2.24) is 0 Å². The summed E-state index contributed by atoms with van der Waals surface area (Å²) >= 11 is 1.79. The van der Waals surface area contributed by atoms with Gasteiger partial charge in [-0.3, -0.25) is 4.79 Å². The van der Waals surface area contributed by atoms with Gasteiger partial charge in [0.1, 0.15) is 5.60 Å². The van der Waals surface area contributed by atoms with Crippen LogP contribution in [0.2, 0.25) is 0 Å². The van der Waals surface area contributed by atoms with Crippen molar-refractivity contribution in [3.05, 3.63) is 12.2 Å². The van der Waals surface area contributed by atoms with Gasteiger partial charge in [0.05, 0.1) is 5.75 Å². The van der Waals surface area contributed by atoms with Crippen LogP contribution < -0.4 is 0 Å². The first-order valence-corrected chi connectivity index (χ1v) is 11.0. The molecule has 2 nitrogen and oxygen atoms in total. The molecule has 0 aromatic carbocycles. The van der Waals surface area contributed by atoms with Crippen LogP contribution in [-0.4, -0.2) is 23.1 Å². The lowest BCUT2D eigenvalue weighted by Gasteiger charge is -2.46. The predicted molar refractivity (Wildman–Crippen MR) is 102 cm³/mol. The fraction of sp³-hybridized carbons (Fsp3) is 0.857. The minimum absolute atomic E-state index is 0.0595. The highest BCUT2D eigenvalue weighted by Gasteiger charge is 2.40. The van der Waals surface area contributed by atoms with E-state index in [4.69, 9.17) is 4.74 Å². The molecule has 5 unspecified atom stereocenters.